The molecule has 0 amide bonds. The predicted molar refractivity (Wildman–Crippen MR) is 128 cm³/mol. The van der Waals surface area contributed by atoms with E-state index in [1.807, 2.05) is 36.6 Å². The summed E-state index contributed by atoms with van der Waals surface area (Å²) in [6.07, 6.45) is 1.55. The highest BCUT2D eigenvalue weighted by Gasteiger charge is 2.16. The van der Waals surface area contributed by atoms with E-state index in [-0.39, 0.29) is 10.7 Å². The number of aryl methyl sites for hydroxylation is 2. The van der Waals surface area contributed by atoms with E-state index in [1.165, 1.54) is 35.1 Å². The van der Waals surface area contributed by atoms with Gasteiger partial charge in [0.25, 0.3) is 10.0 Å². The number of benzene rings is 2. The van der Waals surface area contributed by atoms with Crippen LogP contribution >= 0.6 is 11.3 Å². The Bertz CT molecular complexity index is 1450. The van der Waals surface area contributed by atoms with Crippen molar-refractivity contribution in [3.63, 3.8) is 0 Å². The second-order valence-electron chi connectivity index (χ2n) is 7.17. The van der Waals surface area contributed by atoms with Crippen molar-refractivity contribution >= 4 is 38.4 Å². The molecule has 0 fully saturated rings. The lowest BCUT2D eigenvalue weighted by Crippen LogP contribution is -2.13. The van der Waals surface area contributed by atoms with E-state index >= 15 is 0 Å². The number of hydrogen-bond acceptors (Lipinski definition) is 8. The summed E-state index contributed by atoms with van der Waals surface area (Å²) in [6.45, 7) is 3.69. The fourth-order valence-corrected chi connectivity index (χ4v) is 4.67. The van der Waals surface area contributed by atoms with Gasteiger partial charge in [-0.15, -0.1) is 11.3 Å². The standard InChI is InChI=1S/C23H19N5O3S2/c1-15-3-5-17(6-4-15)21-14-32-23(26-21)18(12-24)13-25-19-7-9-20(10-8-19)33(29,30)28-22-11-16(2)31-27-22/h3-11,13-14,25H,1-2H3,(H,27,28). The average Bonchev–Trinajstić information content (AvgIpc) is 3.44. The third-order valence-corrected chi connectivity index (χ3v) is 6.86. The van der Waals surface area contributed by atoms with Crippen LogP contribution in [0.3, 0.4) is 0 Å². The van der Waals surface area contributed by atoms with Crippen molar-refractivity contribution in [1.82, 2.24) is 10.1 Å². The zero-order valence-electron chi connectivity index (χ0n) is 17.7. The number of sulfonamides is 1. The molecule has 2 N–H and O–H groups in total. The maximum atomic E-state index is 12.5. The van der Waals surface area contributed by atoms with E-state index in [9.17, 15) is 13.7 Å². The topological polar surface area (TPSA) is 121 Å². The summed E-state index contributed by atoms with van der Waals surface area (Å²) in [7, 11) is -3.80. The molecule has 0 unspecified atom stereocenters. The molecule has 8 nitrogen and oxygen atoms in total. The summed E-state index contributed by atoms with van der Waals surface area (Å²) >= 11 is 1.38. The number of rotatable bonds is 7. The molecule has 0 aliphatic heterocycles. The smallest absolute Gasteiger partial charge is 0.263 e. The van der Waals surface area contributed by atoms with Crippen LogP contribution in [0.25, 0.3) is 16.8 Å². The molecule has 0 aliphatic carbocycles. The molecule has 4 rings (SSSR count). The fourth-order valence-electron chi connectivity index (χ4n) is 2.89. The van der Waals surface area contributed by atoms with Gasteiger partial charge >= 0.3 is 0 Å². The molecule has 33 heavy (non-hydrogen) atoms. The highest BCUT2D eigenvalue weighted by atomic mass is 32.2. The lowest BCUT2D eigenvalue weighted by Gasteiger charge is -2.06. The van der Waals surface area contributed by atoms with Gasteiger partial charge in [0, 0.05) is 28.9 Å². The van der Waals surface area contributed by atoms with E-state index in [4.69, 9.17) is 4.52 Å². The molecule has 0 spiro atoms. The Balaban J connectivity index is 1.47. The molecule has 166 valence electrons. The number of hydrogen-bond donors (Lipinski definition) is 2. The summed E-state index contributed by atoms with van der Waals surface area (Å²) in [6, 6.07) is 17.8. The van der Waals surface area contributed by atoms with Crippen LogP contribution in [0.1, 0.15) is 16.3 Å². The Hall–Kier alpha value is -3.94. The van der Waals surface area contributed by atoms with E-state index < -0.39 is 10.0 Å². The van der Waals surface area contributed by atoms with Gasteiger partial charge < -0.3 is 9.84 Å². The van der Waals surface area contributed by atoms with Crippen LogP contribution < -0.4 is 10.0 Å². The minimum Gasteiger partial charge on any atom is -0.360 e. The summed E-state index contributed by atoms with van der Waals surface area (Å²) in [5, 5.41) is 18.7. The largest absolute Gasteiger partial charge is 0.360 e. The van der Waals surface area contributed by atoms with E-state index in [1.54, 1.807) is 25.3 Å². The minimum atomic E-state index is -3.80. The number of allylic oxidation sites excluding steroid dienone is 1. The van der Waals surface area contributed by atoms with E-state index in [2.05, 4.69) is 26.2 Å². The van der Waals surface area contributed by atoms with E-state index in [0.717, 1.165) is 11.3 Å². The van der Waals surface area contributed by atoms with Gasteiger partial charge in [-0.1, -0.05) is 35.0 Å². The van der Waals surface area contributed by atoms with Gasteiger partial charge in [0.1, 0.15) is 22.4 Å². The van der Waals surface area contributed by atoms with Gasteiger partial charge in [-0.05, 0) is 38.1 Å². The number of nitriles is 1. The van der Waals surface area contributed by atoms with Gasteiger partial charge in [0.05, 0.1) is 10.6 Å². The van der Waals surface area contributed by atoms with Gasteiger partial charge in [0.2, 0.25) is 0 Å². The number of anilines is 2. The molecule has 0 atom stereocenters. The van der Waals surface area contributed by atoms with E-state index in [0.29, 0.717) is 22.0 Å². The molecule has 10 heteroatoms. The van der Waals surface area contributed by atoms with Crippen LogP contribution in [0.4, 0.5) is 11.5 Å². The monoisotopic (exact) mass is 477 g/mol. The van der Waals surface area contributed by atoms with Crippen molar-refractivity contribution in [3.8, 4) is 17.3 Å². The maximum Gasteiger partial charge on any atom is 0.263 e. The minimum absolute atomic E-state index is 0.0702. The van der Waals surface area contributed by atoms with Gasteiger partial charge in [0.15, 0.2) is 5.82 Å². The molecule has 0 saturated heterocycles. The Labute approximate surface area is 195 Å². The first-order chi connectivity index (χ1) is 15.8. The normalized spacial score (nSPS) is 11.7. The zero-order valence-corrected chi connectivity index (χ0v) is 19.4. The maximum absolute atomic E-state index is 12.5. The Morgan fingerprint density at radius 3 is 2.48 bits per heavy atom. The van der Waals surface area contributed by atoms with Gasteiger partial charge in [-0.3, -0.25) is 4.72 Å². The number of aromatic nitrogens is 2. The Kier molecular flexibility index (Phi) is 6.26. The van der Waals surface area contributed by atoms with Crippen LogP contribution in [0.2, 0.25) is 0 Å². The number of thiazole rings is 1. The molecule has 2 aromatic heterocycles. The molecule has 2 aromatic carbocycles. The molecule has 0 saturated carbocycles. The number of nitrogens with zero attached hydrogens (tertiary/aromatic N) is 3. The quantitative estimate of drug-likeness (QED) is 0.351. The summed E-state index contributed by atoms with van der Waals surface area (Å²) in [5.41, 5.74) is 3.95. The first-order valence-electron chi connectivity index (χ1n) is 9.80. The van der Waals surface area contributed by atoms with Crippen molar-refractivity contribution in [2.75, 3.05) is 10.0 Å². The Morgan fingerprint density at radius 1 is 1.12 bits per heavy atom. The van der Waals surface area contributed by atoms with Crippen LogP contribution in [-0.4, -0.2) is 18.6 Å². The molecule has 4 aromatic rings. The van der Waals surface area contributed by atoms with Crippen molar-refractivity contribution in [2.45, 2.75) is 18.7 Å². The van der Waals surface area contributed by atoms with Crippen LogP contribution in [-0.2, 0) is 10.0 Å². The third kappa shape index (κ3) is 5.28. The van der Waals surface area contributed by atoms with Crippen molar-refractivity contribution in [3.05, 3.63) is 82.5 Å². The van der Waals surface area contributed by atoms with Gasteiger partial charge in [-0.2, -0.15) is 5.26 Å². The average molecular weight is 478 g/mol. The highest BCUT2D eigenvalue weighted by molar-refractivity contribution is 7.92. The predicted octanol–water partition coefficient (Wildman–Crippen LogP) is 5.19. The molecule has 0 bridgehead atoms. The summed E-state index contributed by atoms with van der Waals surface area (Å²) in [4.78, 5) is 4.64. The molecule has 0 aliphatic rings. The lowest BCUT2D eigenvalue weighted by molar-refractivity contribution is 0.400. The number of nitrogens with one attached hydrogen (secondary N) is 2. The first kappa shape index (κ1) is 22.3. The Morgan fingerprint density at radius 2 is 1.85 bits per heavy atom. The van der Waals surface area contributed by atoms with Crippen molar-refractivity contribution in [1.29, 1.82) is 5.26 Å². The zero-order chi connectivity index (χ0) is 23.4. The lowest BCUT2D eigenvalue weighted by atomic mass is 10.1. The molecule has 2 heterocycles. The van der Waals surface area contributed by atoms with Crippen LogP contribution in [0, 0.1) is 25.2 Å². The van der Waals surface area contributed by atoms with Crippen molar-refractivity contribution < 1.29 is 12.9 Å². The van der Waals surface area contributed by atoms with Crippen molar-refractivity contribution in [2.24, 2.45) is 0 Å². The third-order valence-electron chi connectivity index (χ3n) is 4.62. The highest BCUT2D eigenvalue weighted by Crippen LogP contribution is 2.26. The summed E-state index contributed by atoms with van der Waals surface area (Å²) < 4.78 is 32.2. The molecule has 0 radical (unpaired) electrons. The first-order valence-corrected chi connectivity index (χ1v) is 12.2. The SMILES string of the molecule is Cc1ccc(-c2csc(C(C#N)=CNc3ccc(S(=O)(=O)Nc4cc(C)on4)cc3)n2)cc1. The molecular formula is C23H19N5O3S2. The van der Waals surface area contributed by atoms with Gasteiger partial charge in [-0.25, -0.2) is 13.4 Å². The van der Waals surface area contributed by atoms with Crippen LogP contribution in [0.15, 0.2) is 75.6 Å². The molecular weight excluding hydrogens is 458 g/mol. The second kappa shape index (κ2) is 9.28. The van der Waals surface area contributed by atoms with Crippen LogP contribution in [0.5, 0.6) is 0 Å². The second-order valence-corrected chi connectivity index (χ2v) is 9.71. The summed E-state index contributed by atoms with van der Waals surface area (Å²) in [5.74, 6) is 0.614. The fraction of sp³-hybridized carbons (Fsp3) is 0.0870.